The standard InChI is InChI=1S/C18H26FN3O2/c19-16-12-14(4-9-20-16)17(23)21-15-5-10-22(11-6-15)13-18(24)7-2-1-3-8-18/h4,9,12,15,24H,1-3,5-8,10-11,13H2,(H,21,23). The summed E-state index contributed by atoms with van der Waals surface area (Å²) in [6, 6.07) is 2.78. The predicted molar refractivity (Wildman–Crippen MR) is 89.2 cm³/mol. The van der Waals surface area contributed by atoms with Crippen LogP contribution in [0.1, 0.15) is 55.3 Å². The Hall–Kier alpha value is -1.53. The number of carbonyl (C=O) groups is 1. The Morgan fingerprint density at radius 1 is 1.33 bits per heavy atom. The Balaban J connectivity index is 1.46. The van der Waals surface area contributed by atoms with E-state index in [1.165, 1.54) is 18.7 Å². The molecule has 1 aromatic rings. The fourth-order valence-corrected chi connectivity index (χ4v) is 3.83. The van der Waals surface area contributed by atoms with Crippen LogP contribution in [0.2, 0.25) is 0 Å². The van der Waals surface area contributed by atoms with E-state index in [1.807, 2.05) is 0 Å². The fourth-order valence-electron chi connectivity index (χ4n) is 3.83. The minimum Gasteiger partial charge on any atom is -0.389 e. The van der Waals surface area contributed by atoms with Crippen molar-refractivity contribution in [1.29, 1.82) is 0 Å². The summed E-state index contributed by atoms with van der Waals surface area (Å²) < 4.78 is 13.1. The maximum absolute atomic E-state index is 13.1. The lowest BCUT2D eigenvalue weighted by atomic mass is 9.84. The van der Waals surface area contributed by atoms with Crippen LogP contribution in [-0.4, -0.2) is 52.2 Å². The number of nitrogens with one attached hydrogen (secondary N) is 1. The van der Waals surface area contributed by atoms with E-state index in [0.29, 0.717) is 5.56 Å². The van der Waals surface area contributed by atoms with Crippen LogP contribution in [0.25, 0.3) is 0 Å². The van der Waals surface area contributed by atoms with Crippen molar-refractivity contribution in [3.63, 3.8) is 0 Å². The number of piperidine rings is 1. The molecule has 1 aliphatic heterocycles. The quantitative estimate of drug-likeness (QED) is 0.827. The Morgan fingerprint density at radius 3 is 2.71 bits per heavy atom. The molecule has 2 aliphatic rings. The van der Waals surface area contributed by atoms with Gasteiger partial charge in [0.25, 0.3) is 5.91 Å². The van der Waals surface area contributed by atoms with E-state index in [-0.39, 0.29) is 11.9 Å². The number of likely N-dealkylation sites (tertiary alicyclic amines) is 1. The van der Waals surface area contributed by atoms with Crippen LogP contribution < -0.4 is 5.32 Å². The third-order valence-electron chi connectivity index (χ3n) is 5.21. The lowest BCUT2D eigenvalue weighted by Gasteiger charge is -2.40. The zero-order valence-electron chi connectivity index (χ0n) is 14.0. The Morgan fingerprint density at radius 2 is 2.04 bits per heavy atom. The molecule has 24 heavy (non-hydrogen) atoms. The summed E-state index contributed by atoms with van der Waals surface area (Å²) in [5.74, 6) is -0.890. The number of β-amino-alcohol motifs (C(OH)–C–C–N with tert-alkyl or cyclic N) is 1. The molecular weight excluding hydrogens is 309 g/mol. The van der Waals surface area contributed by atoms with Crippen molar-refractivity contribution in [2.45, 2.75) is 56.6 Å². The van der Waals surface area contributed by atoms with E-state index in [4.69, 9.17) is 0 Å². The number of aromatic nitrogens is 1. The molecule has 0 radical (unpaired) electrons. The monoisotopic (exact) mass is 335 g/mol. The summed E-state index contributed by atoms with van der Waals surface area (Å²) in [7, 11) is 0. The highest BCUT2D eigenvalue weighted by molar-refractivity contribution is 5.94. The van der Waals surface area contributed by atoms with Crippen molar-refractivity contribution in [2.24, 2.45) is 0 Å². The zero-order valence-corrected chi connectivity index (χ0v) is 14.0. The van der Waals surface area contributed by atoms with Crippen LogP contribution in [0.5, 0.6) is 0 Å². The van der Waals surface area contributed by atoms with E-state index in [2.05, 4.69) is 15.2 Å². The molecule has 0 aromatic carbocycles. The number of aliphatic hydroxyl groups is 1. The summed E-state index contributed by atoms with van der Waals surface area (Å²) in [6.45, 7) is 2.49. The molecule has 0 atom stereocenters. The number of rotatable bonds is 4. The van der Waals surface area contributed by atoms with Gasteiger partial charge in [-0.15, -0.1) is 0 Å². The first-order chi connectivity index (χ1) is 11.5. The predicted octanol–water partition coefficient (Wildman–Crippen LogP) is 2.11. The Bertz CT molecular complexity index is 567. The average Bonchev–Trinajstić information content (AvgIpc) is 2.57. The van der Waals surface area contributed by atoms with Gasteiger partial charge in [0.15, 0.2) is 0 Å². The van der Waals surface area contributed by atoms with Gasteiger partial charge in [0.05, 0.1) is 5.60 Å². The molecule has 6 heteroatoms. The first-order valence-corrected chi connectivity index (χ1v) is 8.91. The second-order valence-electron chi connectivity index (χ2n) is 7.18. The highest BCUT2D eigenvalue weighted by Crippen LogP contribution is 2.29. The van der Waals surface area contributed by atoms with Crippen molar-refractivity contribution >= 4 is 5.91 Å². The molecule has 5 nitrogen and oxygen atoms in total. The molecule has 0 spiro atoms. The highest BCUT2D eigenvalue weighted by Gasteiger charge is 2.32. The molecule has 2 fully saturated rings. The van der Waals surface area contributed by atoms with Crippen LogP contribution >= 0.6 is 0 Å². The molecule has 1 amide bonds. The largest absolute Gasteiger partial charge is 0.389 e. The second-order valence-corrected chi connectivity index (χ2v) is 7.18. The summed E-state index contributed by atoms with van der Waals surface area (Å²) in [4.78, 5) is 17.9. The lowest BCUT2D eigenvalue weighted by molar-refractivity contribution is -0.0312. The molecule has 0 bridgehead atoms. The number of nitrogens with zero attached hydrogens (tertiary/aromatic N) is 2. The summed E-state index contributed by atoms with van der Waals surface area (Å²) in [5.41, 5.74) is -0.218. The van der Waals surface area contributed by atoms with Crippen LogP contribution in [0.4, 0.5) is 4.39 Å². The van der Waals surface area contributed by atoms with E-state index in [0.717, 1.165) is 64.2 Å². The first kappa shape index (κ1) is 17.3. The molecule has 2 N–H and O–H groups in total. The van der Waals surface area contributed by atoms with Gasteiger partial charge in [0, 0.05) is 43.5 Å². The molecule has 2 heterocycles. The normalized spacial score (nSPS) is 22.2. The van der Waals surface area contributed by atoms with Gasteiger partial charge in [-0.3, -0.25) is 4.79 Å². The van der Waals surface area contributed by atoms with Crippen LogP contribution in [-0.2, 0) is 0 Å². The van der Waals surface area contributed by atoms with Gasteiger partial charge in [0.1, 0.15) is 0 Å². The first-order valence-electron chi connectivity index (χ1n) is 8.91. The van der Waals surface area contributed by atoms with Gasteiger partial charge in [-0.05, 0) is 31.7 Å². The molecule has 1 saturated carbocycles. The van der Waals surface area contributed by atoms with Crippen molar-refractivity contribution in [2.75, 3.05) is 19.6 Å². The minimum absolute atomic E-state index is 0.103. The van der Waals surface area contributed by atoms with Crippen LogP contribution in [0.15, 0.2) is 18.3 Å². The van der Waals surface area contributed by atoms with Gasteiger partial charge in [-0.2, -0.15) is 4.39 Å². The lowest BCUT2D eigenvalue weighted by Crippen LogP contribution is -2.50. The number of hydrogen-bond donors (Lipinski definition) is 2. The smallest absolute Gasteiger partial charge is 0.251 e. The van der Waals surface area contributed by atoms with E-state index >= 15 is 0 Å². The number of halogens is 1. The topological polar surface area (TPSA) is 65.5 Å². The van der Waals surface area contributed by atoms with Gasteiger partial charge in [-0.1, -0.05) is 19.3 Å². The molecule has 0 unspecified atom stereocenters. The average molecular weight is 335 g/mol. The van der Waals surface area contributed by atoms with Gasteiger partial charge in [0.2, 0.25) is 5.95 Å². The third-order valence-corrected chi connectivity index (χ3v) is 5.21. The Kier molecular flexibility index (Phi) is 5.46. The maximum atomic E-state index is 13.1. The second kappa shape index (κ2) is 7.57. The molecule has 1 saturated heterocycles. The van der Waals surface area contributed by atoms with Crippen molar-refractivity contribution in [3.05, 3.63) is 29.8 Å². The summed E-state index contributed by atoms with van der Waals surface area (Å²) in [5, 5.41) is 13.6. The summed E-state index contributed by atoms with van der Waals surface area (Å²) >= 11 is 0. The molecular formula is C18H26FN3O2. The number of carbonyl (C=O) groups excluding carboxylic acids is 1. The maximum Gasteiger partial charge on any atom is 0.251 e. The van der Waals surface area contributed by atoms with Crippen LogP contribution in [0, 0.1) is 5.95 Å². The third kappa shape index (κ3) is 4.51. The van der Waals surface area contributed by atoms with Crippen molar-refractivity contribution in [1.82, 2.24) is 15.2 Å². The Labute approximate surface area is 142 Å². The fraction of sp³-hybridized carbons (Fsp3) is 0.667. The van der Waals surface area contributed by atoms with E-state index < -0.39 is 11.5 Å². The molecule has 3 rings (SSSR count). The number of pyridine rings is 1. The van der Waals surface area contributed by atoms with Gasteiger partial charge in [-0.25, -0.2) is 4.98 Å². The SMILES string of the molecule is O=C(NC1CCN(CC2(O)CCCCC2)CC1)c1ccnc(F)c1. The van der Waals surface area contributed by atoms with Gasteiger partial charge < -0.3 is 15.3 Å². The van der Waals surface area contributed by atoms with Crippen molar-refractivity contribution in [3.8, 4) is 0 Å². The highest BCUT2D eigenvalue weighted by atomic mass is 19.1. The number of amides is 1. The number of hydrogen-bond acceptors (Lipinski definition) is 4. The van der Waals surface area contributed by atoms with Crippen LogP contribution in [0.3, 0.4) is 0 Å². The van der Waals surface area contributed by atoms with Crippen molar-refractivity contribution < 1.29 is 14.3 Å². The molecule has 132 valence electrons. The van der Waals surface area contributed by atoms with Gasteiger partial charge >= 0.3 is 0 Å². The molecule has 1 aliphatic carbocycles. The minimum atomic E-state index is -0.641. The zero-order chi connectivity index (χ0) is 17.0. The van der Waals surface area contributed by atoms with E-state index in [9.17, 15) is 14.3 Å². The molecule has 1 aromatic heterocycles. The summed E-state index contributed by atoms with van der Waals surface area (Å²) in [6.07, 6.45) is 8.28. The van der Waals surface area contributed by atoms with E-state index in [1.54, 1.807) is 0 Å².